The molecule has 2 heterocycles. The predicted octanol–water partition coefficient (Wildman–Crippen LogP) is 2.77. The first-order chi connectivity index (χ1) is 7.24. The molecule has 0 aliphatic heterocycles. The van der Waals surface area contributed by atoms with E-state index in [4.69, 9.17) is 0 Å². The number of nitrogens with zero attached hydrogens (tertiary/aromatic N) is 2. The summed E-state index contributed by atoms with van der Waals surface area (Å²) in [5.41, 5.74) is 3.20. The number of aromatic nitrogens is 2. The number of nitrogens with one attached hydrogen (secondary N) is 1. The molecule has 0 aliphatic carbocycles. The summed E-state index contributed by atoms with van der Waals surface area (Å²) >= 11 is 1.68. The molecule has 78 valence electrons. The standard InChI is InChI=1S/C11H13N3S/c1-8-5-10(3-4-12-8)13-6-11-14-9(2)7-15-11/h3-5,7H,6H2,1-2H3,(H,12,13). The van der Waals surface area contributed by atoms with Crippen molar-refractivity contribution in [3.8, 4) is 0 Å². The van der Waals surface area contributed by atoms with Gasteiger partial charge in [0.2, 0.25) is 0 Å². The lowest BCUT2D eigenvalue weighted by atomic mass is 10.3. The van der Waals surface area contributed by atoms with Crippen molar-refractivity contribution in [2.24, 2.45) is 0 Å². The number of rotatable bonds is 3. The van der Waals surface area contributed by atoms with Gasteiger partial charge >= 0.3 is 0 Å². The Morgan fingerprint density at radius 1 is 1.33 bits per heavy atom. The molecular formula is C11H13N3S. The van der Waals surface area contributed by atoms with Gasteiger partial charge in [-0.3, -0.25) is 4.98 Å². The Labute approximate surface area is 93.2 Å². The summed E-state index contributed by atoms with van der Waals surface area (Å²) in [6.07, 6.45) is 1.81. The third-order valence-corrected chi connectivity index (χ3v) is 2.97. The lowest BCUT2D eigenvalue weighted by Gasteiger charge is -2.03. The van der Waals surface area contributed by atoms with Crippen molar-refractivity contribution in [3.05, 3.63) is 40.1 Å². The molecule has 0 bridgehead atoms. The van der Waals surface area contributed by atoms with Crippen molar-refractivity contribution < 1.29 is 0 Å². The molecule has 0 saturated heterocycles. The lowest BCUT2D eigenvalue weighted by Crippen LogP contribution is -1.99. The van der Waals surface area contributed by atoms with Gasteiger partial charge in [0, 0.05) is 28.7 Å². The van der Waals surface area contributed by atoms with Crippen LogP contribution in [0.2, 0.25) is 0 Å². The van der Waals surface area contributed by atoms with Gasteiger partial charge in [0.05, 0.1) is 6.54 Å². The van der Waals surface area contributed by atoms with E-state index >= 15 is 0 Å². The first-order valence-corrected chi connectivity index (χ1v) is 5.69. The molecule has 0 atom stereocenters. The van der Waals surface area contributed by atoms with Crippen LogP contribution in [0, 0.1) is 13.8 Å². The van der Waals surface area contributed by atoms with Crippen LogP contribution in [0.1, 0.15) is 16.4 Å². The van der Waals surface area contributed by atoms with Gasteiger partial charge in [0.1, 0.15) is 5.01 Å². The minimum Gasteiger partial charge on any atom is -0.378 e. The molecule has 15 heavy (non-hydrogen) atoms. The highest BCUT2D eigenvalue weighted by molar-refractivity contribution is 7.09. The highest BCUT2D eigenvalue weighted by Gasteiger charge is 1.98. The van der Waals surface area contributed by atoms with Crippen LogP contribution < -0.4 is 5.32 Å². The highest BCUT2D eigenvalue weighted by atomic mass is 32.1. The van der Waals surface area contributed by atoms with E-state index in [1.165, 1.54) is 0 Å². The van der Waals surface area contributed by atoms with Gasteiger partial charge in [-0.05, 0) is 26.0 Å². The number of pyridine rings is 1. The van der Waals surface area contributed by atoms with Crippen LogP contribution in [0.25, 0.3) is 0 Å². The molecule has 2 aromatic heterocycles. The maximum absolute atomic E-state index is 4.39. The third-order valence-electron chi connectivity index (χ3n) is 2.01. The lowest BCUT2D eigenvalue weighted by molar-refractivity contribution is 1.07. The van der Waals surface area contributed by atoms with Gasteiger partial charge in [0.25, 0.3) is 0 Å². The fourth-order valence-electron chi connectivity index (χ4n) is 1.32. The molecule has 3 nitrogen and oxygen atoms in total. The van der Waals surface area contributed by atoms with E-state index < -0.39 is 0 Å². The highest BCUT2D eigenvalue weighted by Crippen LogP contribution is 2.12. The molecule has 2 aromatic rings. The number of hydrogen-bond acceptors (Lipinski definition) is 4. The van der Waals surface area contributed by atoms with E-state index in [9.17, 15) is 0 Å². The Morgan fingerprint density at radius 2 is 2.20 bits per heavy atom. The van der Waals surface area contributed by atoms with Crippen LogP contribution in [0.15, 0.2) is 23.7 Å². The normalized spacial score (nSPS) is 10.3. The zero-order chi connectivity index (χ0) is 10.7. The summed E-state index contributed by atoms with van der Waals surface area (Å²) in [7, 11) is 0. The van der Waals surface area contributed by atoms with Crippen molar-refractivity contribution in [2.75, 3.05) is 5.32 Å². The van der Waals surface area contributed by atoms with E-state index in [2.05, 4.69) is 20.7 Å². The van der Waals surface area contributed by atoms with Crippen molar-refractivity contribution in [1.29, 1.82) is 0 Å². The van der Waals surface area contributed by atoms with Crippen LogP contribution >= 0.6 is 11.3 Å². The monoisotopic (exact) mass is 219 g/mol. The van der Waals surface area contributed by atoms with Crippen molar-refractivity contribution >= 4 is 17.0 Å². The van der Waals surface area contributed by atoms with Crippen molar-refractivity contribution in [3.63, 3.8) is 0 Å². The van der Waals surface area contributed by atoms with Crippen LogP contribution in [0.4, 0.5) is 5.69 Å². The zero-order valence-electron chi connectivity index (χ0n) is 8.82. The van der Waals surface area contributed by atoms with Gasteiger partial charge in [0.15, 0.2) is 0 Å². The van der Waals surface area contributed by atoms with Gasteiger partial charge in [-0.25, -0.2) is 4.98 Å². The van der Waals surface area contributed by atoms with Crippen LogP contribution in [0.5, 0.6) is 0 Å². The minimum atomic E-state index is 0.780. The third kappa shape index (κ3) is 2.76. The molecule has 0 spiro atoms. The maximum atomic E-state index is 4.39. The van der Waals surface area contributed by atoms with Gasteiger partial charge in [-0.15, -0.1) is 11.3 Å². The Balaban J connectivity index is 1.99. The fraction of sp³-hybridized carbons (Fsp3) is 0.273. The van der Waals surface area contributed by atoms with Gasteiger partial charge in [-0.1, -0.05) is 0 Å². The molecule has 4 heteroatoms. The average Bonchev–Trinajstić information content (AvgIpc) is 2.62. The van der Waals surface area contributed by atoms with Crippen molar-refractivity contribution in [1.82, 2.24) is 9.97 Å². The molecule has 0 aliphatic rings. The zero-order valence-corrected chi connectivity index (χ0v) is 9.64. The summed E-state index contributed by atoms with van der Waals surface area (Å²) in [5.74, 6) is 0. The molecule has 0 radical (unpaired) electrons. The molecule has 0 saturated carbocycles. The van der Waals surface area contributed by atoms with Crippen LogP contribution in [-0.2, 0) is 6.54 Å². The number of anilines is 1. The number of thiazole rings is 1. The Kier molecular flexibility index (Phi) is 2.97. The van der Waals surface area contributed by atoms with Crippen molar-refractivity contribution in [2.45, 2.75) is 20.4 Å². The molecule has 0 unspecified atom stereocenters. The van der Waals surface area contributed by atoms with Crippen LogP contribution in [-0.4, -0.2) is 9.97 Å². The number of hydrogen-bond donors (Lipinski definition) is 1. The smallest absolute Gasteiger partial charge is 0.112 e. The van der Waals surface area contributed by atoms with E-state index in [1.54, 1.807) is 11.3 Å². The van der Waals surface area contributed by atoms with Crippen LogP contribution in [0.3, 0.4) is 0 Å². The fourth-order valence-corrected chi connectivity index (χ4v) is 2.03. The molecular weight excluding hydrogens is 206 g/mol. The summed E-state index contributed by atoms with van der Waals surface area (Å²) in [6, 6.07) is 3.99. The quantitative estimate of drug-likeness (QED) is 0.862. The Morgan fingerprint density at radius 3 is 2.87 bits per heavy atom. The largest absolute Gasteiger partial charge is 0.378 e. The first-order valence-electron chi connectivity index (χ1n) is 4.81. The average molecular weight is 219 g/mol. The molecule has 0 amide bonds. The van der Waals surface area contributed by atoms with E-state index in [0.717, 1.165) is 28.6 Å². The first kappa shape index (κ1) is 10.1. The molecule has 0 fully saturated rings. The van der Waals surface area contributed by atoms with E-state index in [0.29, 0.717) is 0 Å². The summed E-state index contributed by atoms with van der Waals surface area (Å²) in [6.45, 7) is 4.78. The minimum absolute atomic E-state index is 0.780. The van der Waals surface area contributed by atoms with Gasteiger partial charge in [-0.2, -0.15) is 0 Å². The summed E-state index contributed by atoms with van der Waals surface area (Å²) in [5, 5.41) is 6.50. The Bertz CT molecular complexity index is 451. The second-order valence-electron chi connectivity index (χ2n) is 3.42. The van der Waals surface area contributed by atoms with E-state index in [-0.39, 0.29) is 0 Å². The Hall–Kier alpha value is -1.42. The summed E-state index contributed by atoms with van der Waals surface area (Å²) in [4.78, 5) is 8.53. The van der Waals surface area contributed by atoms with E-state index in [1.807, 2.05) is 32.2 Å². The molecule has 2 rings (SSSR count). The SMILES string of the molecule is Cc1cc(NCc2nc(C)cs2)ccn1. The van der Waals surface area contributed by atoms with Gasteiger partial charge < -0.3 is 5.32 Å². The predicted molar refractivity (Wildman–Crippen MR) is 63.2 cm³/mol. The molecule has 0 aromatic carbocycles. The second kappa shape index (κ2) is 4.40. The maximum Gasteiger partial charge on any atom is 0.112 e. The number of aryl methyl sites for hydroxylation is 2. The molecule has 1 N–H and O–H groups in total. The summed E-state index contributed by atoms with van der Waals surface area (Å²) < 4.78 is 0. The second-order valence-corrected chi connectivity index (χ2v) is 4.36. The topological polar surface area (TPSA) is 37.8 Å².